The van der Waals surface area contributed by atoms with Crippen molar-refractivity contribution in [1.29, 1.82) is 0 Å². The zero-order valence-corrected chi connectivity index (χ0v) is 24.2. The summed E-state index contributed by atoms with van der Waals surface area (Å²) in [6.45, 7) is 9.20. The maximum Gasteiger partial charge on any atom is 0.410 e. The van der Waals surface area contributed by atoms with Crippen LogP contribution in [0.5, 0.6) is 0 Å². The molecule has 7 heteroatoms. The summed E-state index contributed by atoms with van der Waals surface area (Å²) in [7, 11) is 0. The lowest BCUT2D eigenvalue weighted by Crippen LogP contribution is -2.49. The number of hydrogen-bond acceptors (Lipinski definition) is 5. The Kier molecular flexibility index (Phi) is 7.43. The average molecular weight is 562 g/mol. The van der Waals surface area contributed by atoms with Gasteiger partial charge in [-0.15, -0.1) is 0 Å². The van der Waals surface area contributed by atoms with E-state index in [9.17, 15) is 9.59 Å². The number of benzene rings is 4. The van der Waals surface area contributed by atoms with Crippen LogP contribution in [0.1, 0.15) is 36.7 Å². The molecule has 7 nitrogen and oxygen atoms in total. The largest absolute Gasteiger partial charge is 0.456 e. The number of anilines is 1. The fourth-order valence-corrected chi connectivity index (χ4v) is 5.47. The molecule has 1 aromatic heterocycles. The van der Waals surface area contributed by atoms with Gasteiger partial charge in [-0.2, -0.15) is 0 Å². The molecule has 1 saturated heterocycles. The highest BCUT2D eigenvalue weighted by Crippen LogP contribution is 2.35. The summed E-state index contributed by atoms with van der Waals surface area (Å²) in [5.74, 6) is 0.530. The monoisotopic (exact) mass is 561 g/mol. The maximum atomic E-state index is 13.4. The zero-order valence-electron chi connectivity index (χ0n) is 24.2. The molecular formula is C35H35N3O4. The van der Waals surface area contributed by atoms with Crippen molar-refractivity contribution in [1.82, 2.24) is 9.80 Å². The highest BCUT2D eigenvalue weighted by molar-refractivity contribution is 6.14. The first-order valence-electron chi connectivity index (χ1n) is 14.4. The van der Waals surface area contributed by atoms with Gasteiger partial charge < -0.3 is 19.4 Å². The van der Waals surface area contributed by atoms with Crippen LogP contribution in [-0.2, 0) is 11.3 Å². The minimum atomic E-state index is -0.500. The van der Waals surface area contributed by atoms with Gasteiger partial charge in [-0.25, -0.2) is 4.79 Å². The van der Waals surface area contributed by atoms with Crippen molar-refractivity contribution in [3.05, 3.63) is 102 Å². The Bertz CT molecular complexity index is 1750. The first-order chi connectivity index (χ1) is 20.2. The Labute approximate surface area is 245 Å². The van der Waals surface area contributed by atoms with Gasteiger partial charge in [-0.1, -0.05) is 60.7 Å². The van der Waals surface area contributed by atoms with Gasteiger partial charge in [0.05, 0.1) is 5.69 Å². The Hall–Kier alpha value is -4.62. The fraction of sp³-hybridized carbons (Fsp3) is 0.257. The van der Waals surface area contributed by atoms with Crippen molar-refractivity contribution >= 4 is 39.4 Å². The first-order valence-corrected chi connectivity index (χ1v) is 14.4. The number of carbonyl (C=O) groups is 2. The van der Waals surface area contributed by atoms with E-state index in [0.717, 1.165) is 52.5 Å². The van der Waals surface area contributed by atoms with E-state index >= 15 is 0 Å². The highest BCUT2D eigenvalue weighted by Gasteiger charge is 2.26. The van der Waals surface area contributed by atoms with E-state index in [1.807, 2.05) is 99.6 Å². The molecule has 42 heavy (non-hydrogen) atoms. The molecule has 1 fully saturated rings. The Morgan fingerprint density at radius 1 is 0.833 bits per heavy atom. The lowest BCUT2D eigenvalue weighted by atomic mass is 10.0. The van der Waals surface area contributed by atoms with E-state index in [0.29, 0.717) is 30.1 Å². The number of carbonyl (C=O) groups excluding carboxylic acids is 2. The first kappa shape index (κ1) is 27.5. The SMILES string of the molecule is CC(C)(C)OC(=O)N1CCN(Cc2cccc3oc(-c4ccccc4NC(=O)c4cccc5ccccc45)cc23)CC1. The summed E-state index contributed by atoms with van der Waals surface area (Å²) in [6.07, 6.45) is -0.255. The van der Waals surface area contributed by atoms with Crippen molar-refractivity contribution in [3.63, 3.8) is 0 Å². The van der Waals surface area contributed by atoms with Crippen LogP contribution < -0.4 is 5.32 Å². The van der Waals surface area contributed by atoms with Crippen molar-refractivity contribution in [2.75, 3.05) is 31.5 Å². The number of amides is 2. The average Bonchev–Trinajstić information content (AvgIpc) is 3.42. The molecule has 2 amide bonds. The smallest absolute Gasteiger partial charge is 0.410 e. The van der Waals surface area contributed by atoms with E-state index in [4.69, 9.17) is 9.15 Å². The Morgan fingerprint density at radius 2 is 1.55 bits per heavy atom. The second kappa shape index (κ2) is 11.3. The molecule has 0 unspecified atom stereocenters. The summed E-state index contributed by atoms with van der Waals surface area (Å²) >= 11 is 0. The summed E-state index contributed by atoms with van der Waals surface area (Å²) < 4.78 is 11.9. The van der Waals surface area contributed by atoms with Crippen LogP contribution in [0.4, 0.5) is 10.5 Å². The van der Waals surface area contributed by atoms with Crippen LogP contribution >= 0.6 is 0 Å². The number of nitrogens with zero attached hydrogens (tertiary/aromatic N) is 2. The van der Waals surface area contributed by atoms with Gasteiger partial charge in [0.15, 0.2) is 0 Å². The summed E-state index contributed by atoms with van der Waals surface area (Å²) in [4.78, 5) is 30.0. The number of fused-ring (bicyclic) bond motifs is 2. The molecule has 0 spiro atoms. The zero-order chi connectivity index (χ0) is 29.3. The number of furan rings is 1. The van der Waals surface area contributed by atoms with Gasteiger partial charge in [-0.05, 0) is 67.4 Å². The van der Waals surface area contributed by atoms with Crippen molar-refractivity contribution in [3.8, 4) is 11.3 Å². The van der Waals surface area contributed by atoms with E-state index in [1.165, 1.54) is 0 Å². The Morgan fingerprint density at radius 3 is 2.36 bits per heavy atom. The molecule has 0 bridgehead atoms. The quantitative estimate of drug-likeness (QED) is 0.240. The van der Waals surface area contributed by atoms with Crippen LogP contribution in [0, 0.1) is 0 Å². The molecule has 0 atom stereocenters. The molecule has 0 radical (unpaired) electrons. The van der Waals surface area contributed by atoms with Gasteiger partial charge in [0, 0.05) is 49.2 Å². The molecule has 0 aliphatic carbocycles. The number of hydrogen-bond donors (Lipinski definition) is 1. The minimum absolute atomic E-state index is 0.165. The summed E-state index contributed by atoms with van der Waals surface area (Å²) in [5, 5.41) is 6.09. The van der Waals surface area contributed by atoms with Crippen LogP contribution in [0.25, 0.3) is 33.1 Å². The molecule has 5 aromatic rings. The van der Waals surface area contributed by atoms with Crippen LogP contribution in [0.15, 0.2) is 95.4 Å². The maximum absolute atomic E-state index is 13.4. The number of piperazine rings is 1. The molecule has 4 aromatic carbocycles. The molecule has 6 rings (SSSR count). The van der Waals surface area contributed by atoms with Gasteiger partial charge >= 0.3 is 6.09 Å². The van der Waals surface area contributed by atoms with Gasteiger partial charge in [0.25, 0.3) is 5.91 Å². The third kappa shape index (κ3) is 5.87. The van der Waals surface area contributed by atoms with Crippen LogP contribution in [-0.4, -0.2) is 53.6 Å². The predicted octanol–water partition coefficient (Wildman–Crippen LogP) is 7.56. The topological polar surface area (TPSA) is 75.0 Å². The minimum Gasteiger partial charge on any atom is -0.456 e. The molecule has 1 N–H and O–H groups in total. The van der Waals surface area contributed by atoms with E-state index < -0.39 is 5.60 Å². The number of nitrogens with one attached hydrogen (secondary N) is 1. The van der Waals surface area contributed by atoms with Crippen molar-refractivity contribution in [2.45, 2.75) is 32.9 Å². The molecule has 214 valence electrons. The fourth-order valence-electron chi connectivity index (χ4n) is 5.47. The lowest BCUT2D eigenvalue weighted by Gasteiger charge is -2.35. The number of rotatable bonds is 5. The summed E-state index contributed by atoms with van der Waals surface area (Å²) in [6, 6.07) is 29.5. The second-order valence-corrected chi connectivity index (χ2v) is 11.7. The number of para-hydroxylation sites is 1. The highest BCUT2D eigenvalue weighted by atomic mass is 16.6. The number of ether oxygens (including phenoxy) is 1. The van der Waals surface area contributed by atoms with Crippen molar-refractivity contribution < 1.29 is 18.7 Å². The standard InChI is InChI=1S/C35H35N3O4/c1-35(2,3)42-34(40)38-20-18-37(19-21-38)23-25-12-9-17-31-29(25)22-32(41-31)28-14-6-7-16-30(28)36-33(39)27-15-8-11-24-10-4-5-13-26(24)27/h4-17,22H,18-21,23H2,1-3H3,(H,36,39). The van der Waals surface area contributed by atoms with Gasteiger partial charge in [-0.3, -0.25) is 9.69 Å². The van der Waals surface area contributed by atoms with Crippen LogP contribution in [0.3, 0.4) is 0 Å². The lowest BCUT2D eigenvalue weighted by molar-refractivity contribution is 0.0139. The summed E-state index contributed by atoms with van der Waals surface area (Å²) in [5.41, 5.74) is 3.59. The molecular weight excluding hydrogens is 526 g/mol. The molecule has 2 heterocycles. The Balaban J connectivity index is 1.20. The van der Waals surface area contributed by atoms with E-state index in [-0.39, 0.29) is 12.0 Å². The molecule has 1 aliphatic rings. The van der Waals surface area contributed by atoms with Crippen LogP contribution in [0.2, 0.25) is 0 Å². The third-order valence-corrected chi connectivity index (χ3v) is 7.54. The van der Waals surface area contributed by atoms with Gasteiger partial charge in [0.2, 0.25) is 0 Å². The second-order valence-electron chi connectivity index (χ2n) is 11.7. The molecule has 0 saturated carbocycles. The molecule has 1 aliphatic heterocycles. The van der Waals surface area contributed by atoms with E-state index in [1.54, 1.807) is 4.90 Å². The third-order valence-electron chi connectivity index (χ3n) is 7.54. The van der Waals surface area contributed by atoms with Gasteiger partial charge in [0.1, 0.15) is 16.9 Å². The van der Waals surface area contributed by atoms with E-state index in [2.05, 4.69) is 22.3 Å². The predicted molar refractivity (Wildman–Crippen MR) is 167 cm³/mol. The van der Waals surface area contributed by atoms with Crippen molar-refractivity contribution in [2.24, 2.45) is 0 Å². The normalized spacial score (nSPS) is 14.3.